The molecule has 0 aromatic heterocycles. The zero-order chi connectivity index (χ0) is 10.8. The molecule has 2 rings (SSSR count). The molecule has 0 aliphatic carbocycles. The largest absolute Gasteiger partial charge is 0.511 e. The zero-order valence-corrected chi connectivity index (χ0v) is 8.56. The summed E-state index contributed by atoms with van der Waals surface area (Å²) >= 11 is 0. The minimum atomic E-state index is -1.26. The molecule has 4 nitrogen and oxygen atoms in total. The van der Waals surface area contributed by atoms with Crippen LogP contribution in [0.5, 0.6) is 5.75 Å². The SMILES string of the molecule is CN1CCc2ccc(OC(=O)O)cc2C1. The van der Waals surface area contributed by atoms with Crippen LogP contribution >= 0.6 is 0 Å². The molecule has 0 fully saturated rings. The van der Waals surface area contributed by atoms with Gasteiger partial charge in [0.1, 0.15) is 5.75 Å². The van der Waals surface area contributed by atoms with Gasteiger partial charge < -0.3 is 14.7 Å². The van der Waals surface area contributed by atoms with Crippen molar-refractivity contribution in [1.82, 2.24) is 4.90 Å². The first-order valence-electron chi connectivity index (χ1n) is 4.86. The second kappa shape index (κ2) is 3.90. The van der Waals surface area contributed by atoms with Gasteiger partial charge in [-0.2, -0.15) is 0 Å². The van der Waals surface area contributed by atoms with Crippen molar-refractivity contribution in [3.05, 3.63) is 29.3 Å². The van der Waals surface area contributed by atoms with Crippen molar-refractivity contribution in [2.45, 2.75) is 13.0 Å². The Kier molecular flexibility index (Phi) is 2.60. The number of carboxylic acid groups (broad SMARTS) is 1. The summed E-state index contributed by atoms with van der Waals surface area (Å²) in [6.07, 6.45) is -0.252. The first kappa shape index (κ1) is 9.98. The minimum absolute atomic E-state index is 0.400. The molecule has 0 saturated heterocycles. The van der Waals surface area contributed by atoms with Gasteiger partial charge in [0.05, 0.1) is 0 Å². The van der Waals surface area contributed by atoms with Crippen LogP contribution in [0.1, 0.15) is 11.1 Å². The predicted molar refractivity (Wildman–Crippen MR) is 55.1 cm³/mol. The molecule has 1 aromatic rings. The van der Waals surface area contributed by atoms with Crippen LogP contribution in [0.3, 0.4) is 0 Å². The van der Waals surface area contributed by atoms with Gasteiger partial charge in [0, 0.05) is 13.1 Å². The van der Waals surface area contributed by atoms with E-state index in [4.69, 9.17) is 5.11 Å². The summed E-state index contributed by atoms with van der Waals surface area (Å²) in [5.74, 6) is 0.400. The van der Waals surface area contributed by atoms with E-state index in [1.165, 1.54) is 5.56 Å². The Morgan fingerprint density at radius 3 is 3.00 bits per heavy atom. The Labute approximate surface area is 88.1 Å². The average Bonchev–Trinajstić information content (AvgIpc) is 2.16. The van der Waals surface area contributed by atoms with Crippen LogP contribution < -0.4 is 4.74 Å². The number of likely N-dealkylation sites (N-methyl/N-ethyl adjacent to an activating group) is 1. The second-order valence-electron chi connectivity index (χ2n) is 3.79. The highest BCUT2D eigenvalue weighted by atomic mass is 16.7. The number of fused-ring (bicyclic) bond motifs is 1. The van der Waals surface area contributed by atoms with Gasteiger partial charge in [-0.05, 0) is 36.7 Å². The molecule has 15 heavy (non-hydrogen) atoms. The van der Waals surface area contributed by atoms with Gasteiger partial charge >= 0.3 is 6.16 Å². The van der Waals surface area contributed by atoms with E-state index in [0.717, 1.165) is 25.1 Å². The number of carbonyl (C=O) groups is 1. The van der Waals surface area contributed by atoms with Crippen molar-refractivity contribution in [1.29, 1.82) is 0 Å². The van der Waals surface area contributed by atoms with Gasteiger partial charge in [-0.15, -0.1) is 0 Å². The molecular formula is C11H13NO3. The summed E-state index contributed by atoms with van der Waals surface area (Å²) in [6.45, 7) is 1.90. The topological polar surface area (TPSA) is 49.8 Å². The van der Waals surface area contributed by atoms with Crippen molar-refractivity contribution >= 4 is 6.16 Å². The molecule has 0 saturated carbocycles. The zero-order valence-electron chi connectivity index (χ0n) is 8.56. The van der Waals surface area contributed by atoms with E-state index in [0.29, 0.717) is 5.75 Å². The third kappa shape index (κ3) is 2.27. The minimum Gasteiger partial charge on any atom is -0.449 e. The molecule has 1 N–H and O–H groups in total. The monoisotopic (exact) mass is 207 g/mol. The fraction of sp³-hybridized carbons (Fsp3) is 0.364. The third-order valence-electron chi connectivity index (χ3n) is 2.59. The molecule has 80 valence electrons. The van der Waals surface area contributed by atoms with Gasteiger partial charge in [0.15, 0.2) is 0 Å². The van der Waals surface area contributed by atoms with Crippen molar-refractivity contribution in [3.63, 3.8) is 0 Å². The Morgan fingerprint density at radius 2 is 2.27 bits per heavy atom. The van der Waals surface area contributed by atoms with E-state index in [9.17, 15) is 4.79 Å². The molecule has 0 amide bonds. The predicted octanol–water partition coefficient (Wildman–Crippen LogP) is 1.73. The van der Waals surface area contributed by atoms with Gasteiger partial charge in [0.2, 0.25) is 0 Å². The molecule has 1 aliphatic rings. The normalized spacial score (nSPS) is 15.8. The number of nitrogens with zero attached hydrogens (tertiary/aromatic N) is 1. The molecule has 1 aromatic carbocycles. The first-order chi connectivity index (χ1) is 7.15. The number of hydrogen-bond acceptors (Lipinski definition) is 3. The number of rotatable bonds is 1. The van der Waals surface area contributed by atoms with Crippen LogP contribution in [0.2, 0.25) is 0 Å². The van der Waals surface area contributed by atoms with E-state index < -0.39 is 6.16 Å². The quantitative estimate of drug-likeness (QED) is 0.563. The van der Waals surface area contributed by atoms with Crippen LogP contribution in [-0.4, -0.2) is 29.8 Å². The molecule has 0 bridgehead atoms. The average molecular weight is 207 g/mol. The lowest BCUT2D eigenvalue weighted by atomic mass is 10.00. The maximum atomic E-state index is 10.4. The van der Waals surface area contributed by atoms with E-state index in [-0.39, 0.29) is 0 Å². The van der Waals surface area contributed by atoms with Gasteiger partial charge in [-0.1, -0.05) is 6.07 Å². The maximum Gasteiger partial charge on any atom is 0.511 e. The van der Waals surface area contributed by atoms with E-state index >= 15 is 0 Å². The maximum absolute atomic E-state index is 10.4. The Hall–Kier alpha value is -1.55. The third-order valence-corrected chi connectivity index (χ3v) is 2.59. The summed E-state index contributed by atoms with van der Waals surface area (Å²) in [5, 5.41) is 8.49. The summed E-state index contributed by atoms with van der Waals surface area (Å²) in [4.78, 5) is 12.6. The van der Waals surface area contributed by atoms with Crippen molar-refractivity contribution in [2.75, 3.05) is 13.6 Å². The molecule has 0 unspecified atom stereocenters. The van der Waals surface area contributed by atoms with Crippen molar-refractivity contribution in [3.8, 4) is 5.75 Å². The van der Waals surface area contributed by atoms with E-state index in [1.807, 2.05) is 13.1 Å². The lowest BCUT2D eigenvalue weighted by molar-refractivity contribution is 0.144. The molecule has 4 heteroatoms. The van der Waals surface area contributed by atoms with Crippen LogP contribution in [0.15, 0.2) is 18.2 Å². The molecule has 0 spiro atoms. The first-order valence-corrected chi connectivity index (χ1v) is 4.86. The van der Waals surface area contributed by atoms with Crippen LogP contribution in [-0.2, 0) is 13.0 Å². The van der Waals surface area contributed by atoms with Gasteiger partial charge in [-0.3, -0.25) is 0 Å². The highest BCUT2D eigenvalue weighted by molar-refractivity contribution is 5.61. The fourth-order valence-electron chi connectivity index (χ4n) is 1.84. The summed E-state index contributed by atoms with van der Waals surface area (Å²) in [7, 11) is 2.05. The second-order valence-corrected chi connectivity index (χ2v) is 3.79. The molecule has 1 heterocycles. The molecule has 0 atom stereocenters. The summed E-state index contributed by atoms with van der Waals surface area (Å²) in [5.41, 5.74) is 2.44. The lowest BCUT2D eigenvalue weighted by Crippen LogP contribution is -2.26. The summed E-state index contributed by atoms with van der Waals surface area (Å²) < 4.78 is 4.61. The summed E-state index contributed by atoms with van der Waals surface area (Å²) in [6, 6.07) is 5.46. The molecule has 1 aliphatic heterocycles. The highest BCUT2D eigenvalue weighted by Gasteiger charge is 2.14. The highest BCUT2D eigenvalue weighted by Crippen LogP contribution is 2.23. The molecule has 0 radical (unpaired) electrons. The van der Waals surface area contributed by atoms with Crippen molar-refractivity contribution in [2.24, 2.45) is 0 Å². The van der Waals surface area contributed by atoms with Crippen LogP contribution in [0.4, 0.5) is 4.79 Å². The van der Waals surface area contributed by atoms with Gasteiger partial charge in [-0.25, -0.2) is 4.79 Å². The van der Waals surface area contributed by atoms with Gasteiger partial charge in [0.25, 0.3) is 0 Å². The number of hydrogen-bond donors (Lipinski definition) is 1. The Morgan fingerprint density at radius 1 is 1.47 bits per heavy atom. The lowest BCUT2D eigenvalue weighted by Gasteiger charge is -2.24. The fourth-order valence-corrected chi connectivity index (χ4v) is 1.84. The standard InChI is InChI=1S/C11H13NO3/c1-12-5-4-8-2-3-10(15-11(13)14)6-9(8)7-12/h2-3,6H,4-5,7H2,1H3,(H,13,14). The molecular weight excluding hydrogens is 194 g/mol. The smallest absolute Gasteiger partial charge is 0.449 e. The van der Waals surface area contributed by atoms with Crippen LogP contribution in [0.25, 0.3) is 0 Å². The van der Waals surface area contributed by atoms with Crippen molar-refractivity contribution < 1.29 is 14.6 Å². The number of ether oxygens (including phenoxy) is 1. The van der Waals surface area contributed by atoms with E-state index in [2.05, 4.69) is 9.64 Å². The Bertz CT molecular complexity index is 389. The van der Waals surface area contributed by atoms with Crippen LogP contribution in [0, 0.1) is 0 Å². The number of benzene rings is 1. The van der Waals surface area contributed by atoms with E-state index in [1.54, 1.807) is 12.1 Å². The Balaban J connectivity index is 2.24.